The summed E-state index contributed by atoms with van der Waals surface area (Å²) in [4.78, 5) is 7.58. The number of hydrogen-bond acceptors (Lipinski definition) is 5. The second-order valence-corrected chi connectivity index (χ2v) is 5.25. The highest BCUT2D eigenvalue weighted by Gasteiger charge is 2.20. The molecule has 0 amide bonds. The number of anilines is 1. The zero-order valence-corrected chi connectivity index (χ0v) is 10.4. The second-order valence-electron chi connectivity index (χ2n) is 4.15. The Morgan fingerprint density at radius 3 is 2.88 bits per heavy atom. The van der Waals surface area contributed by atoms with Crippen LogP contribution >= 0.6 is 11.3 Å². The molecule has 1 N–H and O–H groups in total. The molecule has 0 saturated carbocycles. The monoisotopic (exact) mass is 242 g/mol. The van der Waals surface area contributed by atoms with E-state index in [1.165, 1.54) is 12.8 Å². The van der Waals surface area contributed by atoms with Crippen molar-refractivity contribution in [3.63, 3.8) is 0 Å². The summed E-state index contributed by atoms with van der Waals surface area (Å²) in [7, 11) is 1.76. The van der Waals surface area contributed by atoms with Crippen molar-refractivity contribution in [3.8, 4) is 0 Å². The Hall–Kier alpha value is -0.650. The van der Waals surface area contributed by atoms with E-state index in [0.717, 1.165) is 29.7 Å². The third-order valence-corrected chi connectivity index (χ3v) is 4.03. The third-order valence-electron chi connectivity index (χ3n) is 2.98. The number of rotatable bonds is 4. The Balaban J connectivity index is 1.88. The lowest BCUT2D eigenvalue weighted by atomic mass is 9.98. The first-order valence-electron chi connectivity index (χ1n) is 5.63. The standard InChI is InChI=1S/C11H18N2O2S/c1-15-8-9-2-4-13(5-3-9)11-12-6-10(7-14)16-11/h6,9,14H,2-5,7-8H2,1H3. The van der Waals surface area contributed by atoms with Crippen LogP contribution in [0.3, 0.4) is 0 Å². The number of thiazole rings is 1. The van der Waals surface area contributed by atoms with Gasteiger partial charge in [0.25, 0.3) is 0 Å². The molecular formula is C11H18N2O2S. The van der Waals surface area contributed by atoms with Gasteiger partial charge in [-0.3, -0.25) is 0 Å². The highest BCUT2D eigenvalue weighted by atomic mass is 32.1. The van der Waals surface area contributed by atoms with E-state index in [1.54, 1.807) is 24.6 Å². The SMILES string of the molecule is COCC1CCN(c2ncc(CO)s2)CC1. The van der Waals surface area contributed by atoms with Crippen LogP contribution in [0.4, 0.5) is 5.13 Å². The number of aliphatic hydroxyl groups is 1. The van der Waals surface area contributed by atoms with Gasteiger partial charge in [-0.2, -0.15) is 0 Å². The number of aromatic nitrogens is 1. The molecule has 5 heteroatoms. The van der Waals surface area contributed by atoms with Crippen molar-refractivity contribution in [1.82, 2.24) is 4.98 Å². The van der Waals surface area contributed by atoms with Crippen molar-refractivity contribution in [2.45, 2.75) is 19.4 Å². The Bertz CT molecular complexity index is 322. The largest absolute Gasteiger partial charge is 0.391 e. The molecule has 0 spiro atoms. The molecule has 0 aliphatic carbocycles. The second kappa shape index (κ2) is 5.61. The number of hydrogen-bond donors (Lipinski definition) is 1. The lowest BCUT2D eigenvalue weighted by molar-refractivity contribution is 0.139. The van der Waals surface area contributed by atoms with E-state index in [0.29, 0.717) is 5.92 Å². The predicted octanol–water partition coefficient (Wildman–Crippen LogP) is 1.50. The number of nitrogens with zero attached hydrogens (tertiary/aromatic N) is 2. The van der Waals surface area contributed by atoms with Crippen LogP contribution in [0.2, 0.25) is 0 Å². The van der Waals surface area contributed by atoms with E-state index in [1.807, 2.05) is 0 Å². The maximum Gasteiger partial charge on any atom is 0.185 e. The van der Waals surface area contributed by atoms with Gasteiger partial charge >= 0.3 is 0 Å². The molecule has 1 aromatic heterocycles. The lowest BCUT2D eigenvalue weighted by Crippen LogP contribution is -2.34. The number of ether oxygens (including phenoxy) is 1. The van der Waals surface area contributed by atoms with Crippen molar-refractivity contribution in [3.05, 3.63) is 11.1 Å². The van der Waals surface area contributed by atoms with Gasteiger partial charge in [-0.15, -0.1) is 0 Å². The lowest BCUT2D eigenvalue weighted by Gasteiger charge is -2.31. The Morgan fingerprint density at radius 2 is 2.31 bits per heavy atom. The molecule has 1 fully saturated rings. The Kier molecular flexibility index (Phi) is 4.15. The highest BCUT2D eigenvalue weighted by molar-refractivity contribution is 7.15. The van der Waals surface area contributed by atoms with Gasteiger partial charge in [0, 0.05) is 33.0 Å². The molecule has 2 rings (SSSR count). The molecule has 90 valence electrons. The molecular weight excluding hydrogens is 224 g/mol. The minimum absolute atomic E-state index is 0.0950. The van der Waals surface area contributed by atoms with Crippen molar-refractivity contribution in [2.24, 2.45) is 5.92 Å². The molecule has 0 bridgehead atoms. The van der Waals surface area contributed by atoms with Crippen molar-refractivity contribution in [1.29, 1.82) is 0 Å². The summed E-state index contributed by atoms with van der Waals surface area (Å²) in [5.74, 6) is 0.693. The maximum absolute atomic E-state index is 9.00. The fourth-order valence-electron chi connectivity index (χ4n) is 2.04. The Labute approximate surface area is 99.9 Å². The van der Waals surface area contributed by atoms with Gasteiger partial charge in [-0.25, -0.2) is 4.98 Å². The van der Waals surface area contributed by atoms with Crippen molar-refractivity contribution in [2.75, 3.05) is 31.7 Å². The van der Waals surface area contributed by atoms with Crippen molar-refractivity contribution >= 4 is 16.5 Å². The van der Waals surface area contributed by atoms with Gasteiger partial charge in [-0.1, -0.05) is 11.3 Å². The van der Waals surface area contributed by atoms with Gasteiger partial charge in [-0.05, 0) is 18.8 Å². The molecule has 1 saturated heterocycles. The highest BCUT2D eigenvalue weighted by Crippen LogP contribution is 2.27. The first-order chi connectivity index (χ1) is 7.83. The van der Waals surface area contributed by atoms with Gasteiger partial charge in [0.05, 0.1) is 11.5 Å². The normalized spacial score (nSPS) is 18.0. The molecule has 1 aliphatic heterocycles. The zero-order chi connectivity index (χ0) is 11.4. The summed E-state index contributed by atoms with van der Waals surface area (Å²) in [5.41, 5.74) is 0. The average Bonchev–Trinajstić information content (AvgIpc) is 2.79. The maximum atomic E-state index is 9.00. The Morgan fingerprint density at radius 1 is 1.56 bits per heavy atom. The van der Waals surface area contributed by atoms with Crippen LogP contribution in [-0.2, 0) is 11.3 Å². The summed E-state index contributed by atoms with van der Waals surface area (Å²) in [6.07, 6.45) is 4.10. The quantitative estimate of drug-likeness (QED) is 0.869. The molecule has 0 aromatic carbocycles. The van der Waals surface area contributed by atoms with E-state index >= 15 is 0 Å². The van der Waals surface area contributed by atoms with Crippen LogP contribution in [0.1, 0.15) is 17.7 Å². The first-order valence-corrected chi connectivity index (χ1v) is 6.44. The van der Waals surface area contributed by atoms with Gasteiger partial charge in [0.15, 0.2) is 5.13 Å². The van der Waals surface area contributed by atoms with Gasteiger partial charge in [0.2, 0.25) is 0 Å². The third kappa shape index (κ3) is 2.72. The molecule has 0 radical (unpaired) electrons. The van der Waals surface area contributed by atoms with Crippen LogP contribution in [0.5, 0.6) is 0 Å². The average molecular weight is 242 g/mol. The van der Waals surface area contributed by atoms with Gasteiger partial charge in [0.1, 0.15) is 0 Å². The van der Waals surface area contributed by atoms with Gasteiger partial charge < -0.3 is 14.7 Å². The summed E-state index contributed by atoms with van der Waals surface area (Å²) in [5, 5.41) is 10.0. The fourth-order valence-corrected chi connectivity index (χ4v) is 2.86. The minimum atomic E-state index is 0.0950. The van der Waals surface area contributed by atoms with Crippen molar-refractivity contribution < 1.29 is 9.84 Å². The summed E-state index contributed by atoms with van der Waals surface area (Å²) in [6.45, 7) is 3.06. The van der Waals surface area contributed by atoms with Crippen LogP contribution < -0.4 is 4.90 Å². The molecule has 4 nitrogen and oxygen atoms in total. The van der Waals surface area contributed by atoms with E-state index in [-0.39, 0.29) is 6.61 Å². The number of methoxy groups -OCH3 is 1. The van der Waals surface area contributed by atoms with Crippen LogP contribution in [0.25, 0.3) is 0 Å². The van der Waals surface area contributed by atoms with E-state index in [2.05, 4.69) is 9.88 Å². The van der Waals surface area contributed by atoms with Crippen LogP contribution in [0.15, 0.2) is 6.20 Å². The summed E-state index contributed by atoms with van der Waals surface area (Å²) < 4.78 is 5.18. The summed E-state index contributed by atoms with van der Waals surface area (Å²) >= 11 is 1.59. The minimum Gasteiger partial charge on any atom is -0.391 e. The molecule has 0 unspecified atom stereocenters. The van der Waals surface area contributed by atoms with E-state index in [4.69, 9.17) is 9.84 Å². The number of aliphatic hydroxyl groups excluding tert-OH is 1. The fraction of sp³-hybridized carbons (Fsp3) is 0.727. The molecule has 16 heavy (non-hydrogen) atoms. The zero-order valence-electron chi connectivity index (χ0n) is 9.56. The molecule has 2 heterocycles. The van der Waals surface area contributed by atoms with E-state index in [9.17, 15) is 0 Å². The van der Waals surface area contributed by atoms with Crippen LogP contribution in [0, 0.1) is 5.92 Å². The molecule has 0 atom stereocenters. The topological polar surface area (TPSA) is 45.6 Å². The molecule has 1 aliphatic rings. The van der Waals surface area contributed by atoms with Crippen LogP contribution in [-0.4, -0.2) is 36.9 Å². The number of piperidine rings is 1. The molecule has 1 aromatic rings. The smallest absolute Gasteiger partial charge is 0.185 e. The predicted molar refractivity (Wildman–Crippen MR) is 64.8 cm³/mol. The summed E-state index contributed by atoms with van der Waals surface area (Å²) in [6, 6.07) is 0. The van der Waals surface area contributed by atoms with E-state index < -0.39 is 0 Å². The first kappa shape index (κ1) is 11.8.